The lowest BCUT2D eigenvalue weighted by atomic mass is 9.89. The number of nitrogens with zero attached hydrogens (tertiary/aromatic N) is 4. The third-order valence-electron chi connectivity index (χ3n) is 8.03. The molecule has 4 heterocycles. The van der Waals surface area contributed by atoms with Crippen LogP contribution in [0.3, 0.4) is 0 Å². The number of fused-ring (bicyclic) bond motifs is 2. The molecule has 2 aromatic carbocycles. The molecule has 3 fully saturated rings. The van der Waals surface area contributed by atoms with Gasteiger partial charge in [0.05, 0.1) is 24.4 Å². The minimum absolute atomic E-state index is 0.219. The van der Waals surface area contributed by atoms with Gasteiger partial charge < -0.3 is 24.5 Å². The molecule has 0 bridgehead atoms. The fourth-order valence-corrected chi connectivity index (χ4v) is 6.09. The first-order valence-electron chi connectivity index (χ1n) is 12.5. The lowest BCUT2D eigenvalue weighted by molar-refractivity contribution is 0.178. The van der Waals surface area contributed by atoms with E-state index in [2.05, 4.69) is 64.2 Å². The number of methoxy groups -OCH3 is 1. The van der Waals surface area contributed by atoms with Gasteiger partial charge in [-0.1, -0.05) is 12.1 Å². The first kappa shape index (κ1) is 21.7. The highest BCUT2D eigenvalue weighted by atomic mass is 16.5. The molecule has 3 aliphatic rings. The Morgan fingerprint density at radius 3 is 2.47 bits per heavy atom. The molecule has 3 aromatic rings. The molecule has 1 aromatic heterocycles. The average Bonchev–Trinajstić information content (AvgIpc) is 3.49. The number of β-amino-alcohol motifs (C(OH)–C–C–N with tert-alkyl or cyclic N) is 1. The average molecular weight is 459 g/mol. The Bertz CT molecular complexity index is 1180. The van der Waals surface area contributed by atoms with Crippen molar-refractivity contribution >= 4 is 22.3 Å². The van der Waals surface area contributed by atoms with E-state index in [-0.39, 0.29) is 6.10 Å². The Morgan fingerprint density at radius 1 is 0.882 bits per heavy atom. The molecule has 34 heavy (non-hydrogen) atoms. The number of hydrogen-bond acceptors (Lipinski definition) is 6. The normalized spacial score (nSPS) is 25.2. The van der Waals surface area contributed by atoms with Gasteiger partial charge in [-0.25, -0.2) is 4.98 Å². The number of aliphatic hydroxyl groups is 1. The quantitative estimate of drug-likeness (QED) is 0.641. The molecule has 1 N–H and O–H groups in total. The first-order valence-corrected chi connectivity index (χ1v) is 12.5. The van der Waals surface area contributed by atoms with Gasteiger partial charge in [0.15, 0.2) is 0 Å². The minimum Gasteiger partial charge on any atom is -0.497 e. The topological polar surface area (TPSA) is 52.1 Å². The molecule has 3 aliphatic heterocycles. The van der Waals surface area contributed by atoms with Crippen molar-refractivity contribution in [2.75, 3.05) is 63.2 Å². The Hall–Kier alpha value is -2.83. The number of pyridine rings is 1. The van der Waals surface area contributed by atoms with Crippen LogP contribution in [0.1, 0.15) is 12.8 Å². The van der Waals surface area contributed by atoms with Gasteiger partial charge in [-0.05, 0) is 68.6 Å². The highest BCUT2D eigenvalue weighted by Gasteiger charge is 2.36. The molecule has 6 nitrogen and oxygen atoms in total. The second-order valence-corrected chi connectivity index (χ2v) is 10.3. The number of ether oxygens (including phenoxy) is 1. The van der Waals surface area contributed by atoms with Gasteiger partial charge >= 0.3 is 0 Å². The van der Waals surface area contributed by atoms with Gasteiger partial charge in [-0.15, -0.1) is 0 Å². The summed E-state index contributed by atoms with van der Waals surface area (Å²) < 4.78 is 5.52. The molecule has 0 aliphatic carbocycles. The van der Waals surface area contributed by atoms with Gasteiger partial charge in [0.25, 0.3) is 0 Å². The van der Waals surface area contributed by atoms with E-state index in [9.17, 15) is 5.11 Å². The summed E-state index contributed by atoms with van der Waals surface area (Å²) in [4.78, 5) is 12.4. The van der Waals surface area contributed by atoms with Crippen LogP contribution in [0.5, 0.6) is 5.75 Å². The molecule has 2 unspecified atom stereocenters. The molecular weight excluding hydrogens is 424 g/mol. The number of hydrogen-bond donors (Lipinski definition) is 1. The molecule has 6 heteroatoms. The van der Waals surface area contributed by atoms with Gasteiger partial charge in [0.1, 0.15) is 5.75 Å². The van der Waals surface area contributed by atoms with Gasteiger partial charge in [-0.2, -0.15) is 0 Å². The van der Waals surface area contributed by atoms with Crippen LogP contribution in [0, 0.1) is 11.8 Å². The Balaban J connectivity index is 1.37. The molecule has 3 saturated heterocycles. The number of piperidine rings is 1. The molecule has 0 amide bonds. The highest BCUT2D eigenvalue weighted by molar-refractivity contribution is 5.95. The van der Waals surface area contributed by atoms with Crippen molar-refractivity contribution < 1.29 is 9.84 Å². The summed E-state index contributed by atoms with van der Waals surface area (Å²) in [6, 6.07) is 17.2. The van der Waals surface area contributed by atoms with Crippen LogP contribution in [0.25, 0.3) is 22.2 Å². The minimum atomic E-state index is -0.219. The van der Waals surface area contributed by atoms with E-state index in [1.54, 1.807) is 7.11 Å². The zero-order valence-electron chi connectivity index (χ0n) is 20.2. The molecule has 6 rings (SSSR count). The third kappa shape index (κ3) is 3.99. The van der Waals surface area contributed by atoms with Crippen LogP contribution < -0.4 is 14.5 Å². The largest absolute Gasteiger partial charge is 0.497 e. The van der Waals surface area contributed by atoms with Crippen molar-refractivity contribution in [3.8, 4) is 17.0 Å². The van der Waals surface area contributed by atoms with E-state index < -0.39 is 0 Å². The van der Waals surface area contributed by atoms with E-state index in [1.807, 2.05) is 6.07 Å². The molecule has 178 valence electrons. The summed E-state index contributed by atoms with van der Waals surface area (Å²) in [6.45, 7) is 6.25. The summed E-state index contributed by atoms with van der Waals surface area (Å²) in [5, 5.41) is 11.1. The SMILES string of the molecule is COc1ccc2c(N3CC4CCN(C)CC4C3)cc(-c3ccc(N4CC[C@@H](O)C4)cc3)nc2c1. The number of aromatic nitrogens is 1. The standard InChI is InChI=1S/C28H34N4O2/c1-30-11-9-20-16-32(17-21(20)15-30)28-14-26(29-27-13-24(34-2)7-8-25(27)28)19-3-5-22(6-4-19)31-12-10-23(33)18-31/h3-8,13-14,20-21,23,33H,9-12,15-18H2,1-2H3/t20?,21?,23-/m1/s1. The lowest BCUT2D eigenvalue weighted by Gasteiger charge is -2.31. The van der Waals surface area contributed by atoms with Crippen molar-refractivity contribution in [1.82, 2.24) is 9.88 Å². The Labute approximate surface area is 201 Å². The number of rotatable bonds is 4. The van der Waals surface area contributed by atoms with Crippen molar-refractivity contribution in [2.45, 2.75) is 18.9 Å². The van der Waals surface area contributed by atoms with Crippen LogP contribution in [-0.4, -0.2) is 74.5 Å². The molecular formula is C28H34N4O2. The fourth-order valence-electron chi connectivity index (χ4n) is 6.09. The van der Waals surface area contributed by atoms with Gasteiger partial charge in [-0.3, -0.25) is 0 Å². The van der Waals surface area contributed by atoms with E-state index in [0.717, 1.165) is 66.1 Å². The monoisotopic (exact) mass is 458 g/mol. The zero-order chi connectivity index (χ0) is 23.2. The zero-order valence-corrected chi connectivity index (χ0v) is 20.2. The number of anilines is 2. The molecule has 0 spiro atoms. The maximum absolute atomic E-state index is 9.89. The first-order chi connectivity index (χ1) is 16.6. The fraction of sp³-hybridized carbons (Fsp3) is 0.464. The van der Waals surface area contributed by atoms with Crippen LogP contribution >= 0.6 is 0 Å². The van der Waals surface area contributed by atoms with Crippen molar-refractivity contribution in [3.63, 3.8) is 0 Å². The maximum atomic E-state index is 9.89. The summed E-state index contributed by atoms with van der Waals surface area (Å²) in [5.41, 5.74) is 5.54. The van der Waals surface area contributed by atoms with Crippen molar-refractivity contribution in [1.29, 1.82) is 0 Å². The predicted molar refractivity (Wildman–Crippen MR) is 138 cm³/mol. The summed E-state index contributed by atoms with van der Waals surface area (Å²) >= 11 is 0. The third-order valence-corrected chi connectivity index (χ3v) is 8.03. The molecule has 0 radical (unpaired) electrons. The van der Waals surface area contributed by atoms with Crippen LogP contribution in [0.4, 0.5) is 11.4 Å². The Kier molecular flexibility index (Phi) is 5.58. The van der Waals surface area contributed by atoms with E-state index in [4.69, 9.17) is 9.72 Å². The number of benzene rings is 2. The summed E-state index contributed by atoms with van der Waals surface area (Å²) in [6.07, 6.45) is 1.91. The van der Waals surface area contributed by atoms with E-state index in [1.165, 1.54) is 30.6 Å². The molecule has 0 saturated carbocycles. The molecule has 3 atom stereocenters. The number of aliphatic hydroxyl groups excluding tert-OH is 1. The Morgan fingerprint density at radius 2 is 1.71 bits per heavy atom. The second-order valence-electron chi connectivity index (χ2n) is 10.3. The van der Waals surface area contributed by atoms with Crippen molar-refractivity contribution in [2.24, 2.45) is 11.8 Å². The maximum Gasteiger partial charge on any atom is 0.121 e. The van der Waals surface area contributed by atoms with E-state index >= 15 is 0 Å². The van der Waals surface area contributed by atoms with Crippen LogP contribution in [-0.2, 0) is 0 Å². The highest BCUT2D eigenvalue weighted by Crippen LogP contribution is 2.39. The predicted octanol–water partition coefficient (Wildman–Crippen LogP) is 3.87. The van der Waals surface area contributed by atoms with Crippen LogP contribution in [0.2, 0.25) is 0 Å². The van der Waals surface area contributed by atoms with Gasteiger partial charge in [0, 0.05) is 61.1 Å². The van der Waals surface area contributed by atoms with Crippen LogP contribution in [0.15, 0.2) is 48.5 Å². The number of likely N-dealkylation sites (tertiary alicyclic amines) is 1. The summed E-state index contributed by atoms with van der Waals surface area (Å²) in [5.74, 6) is 2.35. The lowest BCUT2D eigenvalue weighted by Crippen LogP contribution is -2.37. The smallest absolute Gasteiger partial charge is 0.121 e. The van der Waals surface area contributed by atoms with E-state index in [0.29, 0.717) is 6.54 Å². The second kappa shape index (κ2) is 8.75. The van der Waals surface area contributed by atoms with Gasteiger partial charge in [0.2, 0.25) is 0 Å². The van der Waals surface area contributed by atoms with Crippen molar-refractivity contribution in [3.05, 3.63) is 48.5 Å². The summed E-state index contributed by atoms with van der Waals surface area (Å²) in [7, 11) is 3.96.